The van der Waals surface area contributed by atoms with Gasteiger partial charge in [-0.05, 0) is 31.6 Å². The zero-order chi connectivity index (χ0) is 17.6. The molecule has 7 nitrogen and oxygen atoms in total. The number of rotatable bonds is 5. The van der Waals surface area contributed by atoms with Crippen molar-refractivity contribution < 1.29 is 25.9 Å². The maximum absolute atomic E-state index is 10.4. The summed E-state index contributed by atoms with van der Waals surface area (Å²) in [6.07, 6.45) is 0.471. The molecular weight excluding hydrogens is 330 g/mol. The fourth-order valence-electron chi connectivity index (χ4n) is 1.10. The van der Waals surface area contributed by atoms with E-state index in [4.69, 9.17) is 9.11 Å². The highest BCUT2D eigenvalue weighted by Gasteiger charge is 2.05. The standard InChI is InChI=1S/C6H6O3S.C4H11N.C3H8O3S/c7-10(8,9)6-4-2-1-3-5-6;1-3-5-4-2;1-2-3-7(4,5)6/h1-5H,(H,7,8,9);5H,3-4H2,1-2H3;2-3H2,1H3,(H,4,5,6). The van der Waals surface area contributed by atoms with Crippen LogP contribution in [0.2, 0.25) is 0 Å². The Hall–Kier alpha value is -1.00. The Bertz CT molecular complexity index is 568. The van der Waals surface area contributed by atoms with Crippen molar-refractivity contribution in [1.29, 1.82) is 0 Å². The van der Waals surface area contributed by atoms with Crippen LogP contribution in [0, 0.1) is 0 Å². The molecule has 0 saturated heterocycles. The molecule has 0 atom stereocenters. The second-order valence-corrected chi connectivity index (χ2v) is 7.02. The largest absolute Gasteiger partial charge is 0.317 e. The van der Waals surface area contributed by atoms with Crippen LogP contribution in [0.5, 0.6) is 0 Å². The molecule has 0 radical (unpaired) electrons. The van der Waals surface area contributed by atoms with Crippen molar-refractivity contribution in [2.24, 2.45) is 0 Å². The topological polar surface area (TPSA) is 121 Å². The average Bonchev–Trinajstić information content (AvgIpc) is 2.40. The highest BCUT2D eigenvalue weighted by molar-refractivity contribution is 7.86. The van der Waals surface area contributed by atoms with Crippen LogP contribution in [0.1, 0.15) is 27.2 Å². The maximum atomic E-state index is 10.4. The Morgan fingerprint density at radius 1 is 0.909 bits per heavy atom. The minimum Gasteiger partial charge on any atom is -0.317 e. The zero-order valence-corrected chi connectivity index (χ0v) is 14.7. The van der Waals surface area contributed by atoms with E-state index < -0.39 is 20.2 Å². The summed E-state index contributed by atoms with van der Waals surface area (Å²) in [5.41, 5.74) is 0. The van der Waals surface area contributed by atoms with Crippen LogP contribution in [0.4, 0.5) is 0 Å². The van der Waals surface area contributed by atoms with Gasteiger partial charge in [0.2, 0.25) is 0 Å². The van der Waals surface area contributed by atoms with Crippen LogP contribution in [0.3, 0.4) is 0 Å². The van der Waals surface area contributed by atoms with Crippen molar-refractivity contribution in [2.75, 3.05) is 18.8 Å². The van der Waals surface area contributed by atoms with Crippen LogP contribution in [0.25, 0.3) is 0 Å². The number of benzene rings is 1. The molecule has 130 valence electrons. The normalized spacial score (nSPS) is 10.8. The van der Waals surface area contributed by atoms with Gasteiger partial charge in [0.25, 0.3) is 20.2 Å². The first kappa shape index (κ1) is 23.3. The van der Waals surface area contributed by atoms with E-state index in [0.717, 1.165) is 13.1 Å². The molecule has 3 N–H and O–H groups in total. The first-order valence-corrected chi connectivity index (χ1v) is 9.81. The molecule has 0 fully saturated rings. The number of nitrogens with one attached hydrogen (secondary N) is 1. The Kier molecular flexibility index (Phi) is 13.3. The summed E-state index contributed by atoms with van der Waals surface area (Å²) < 4.78 is 56.8. The molecule has 0 amide bonds. The van der Waals surface area contributed by atoms with Crippen molar-refractivity contribution in [3.05, 3.63) is 30.3 Å². The van der Waals surface area contributed by atoms with Gasteiger partial charge in [-0.15, -0.1) is 0 Å². The van der Waals surface area contributed by atoms with E-state index in [1.807, 2.05) is 0 Å². The fourth-order valence-corrected chi connectivity index (χ4v) is 2.12. The number of hydrogen-bond donors (Lipinski definition) is 3. The Morgan fingerprint density at radius 3 is 1.50 bits per heavy atom. The summed E-state index contributed by atoms with van der Waals surface area (Å²) in [4.78, 5) is -0.0741. The third kappa shape index (κ3) is 17.1. The molecule has 1 rings (SSSR count). The molecule has 22 heavy (non-hydrogen) atoms. The summed E-state index contributed by atoms with van der Waals surface area (Å²) in [6.45, 7) is 8.08. The smallest absolute Gasteiger partial charge is 0.294 e. The first-order chi connectivity index (χ1) is 10.1. The Labute approximate surface area is 133 Å². The molecule has 0 aromatic heterocycles. The second kappa shape index (κ2) is 12.5. The predicted molar refractivity (Wildman–Crippen MR) is 87.2 cm³/mol. The number of hydrogen-bond acceptors (Lipinski definition) is 5. The van der Waals surface area contributed by atoms with Gasteiger partial charge in [-0.25, -0.2) is 0 Å². The molecule has 0 unspecified atom stereocenters. The highest BCUT2D eigenvalue weighted by Crippen LogP contribution is 2.05. The van der Waals surface area contributed by atoms with Crippen LogP contribution >= 0.6 is 0 Å². The minimum atomic E-state index is -4.00. The van der Waals surface area contributed by atoms with Crippen LogP contribution in [0.15, 0.2) is 35.2 Å². The Balaban J connectivity index is 0. The quantitative estimate of drug-likeness (QED) is 0.689. The molecule has 0 spiro atoms. The van der Waals surface area contributed by atoms with E-state index in [0.29, 0.717) is 6.42 Å². The maximum Gasteiger partial charge on any atom is 0.294 e. The van der Waals surface area contributed by atoms with Gasteiger partial charge >= 0.3 is 0 Å². The average molecular weight is 355 g/mol. The Morgan fingerprint density at radius 2 is 1.36 bits per heavy atom. The lowest BCUT2D eigenvalue weighted by atomic mass is 10.4. The molecule has 1 aromatic rings. The fraction of sp³-hybridized carbons (Fsp3) is 0.538. The molecule has 0 heterocycles. The summed E-state index contributed by atoms with van der Waals surface area (Å²) in [5, 5.41) is 3.11. The summed E-state index contributed by atoms with van der Waals surface area (Å²) in [5.74, 6) is -0.132. The molecule has 0 saturated carbocycles. The van der Waals surface area contributed by atoms with Crippen molar-refractivity contribution >= 4 is 20.2 Å². The van der Waals surface area contributed by atoms with E-state index in [9.17, 15) is 16.8 Å². The lowest BCUT2D eigenvalue weighted by Gasteiger charge is -1.92. The van der Waals surface area contributed by atoms with Gasteiger partial charge in [-0.2, -0.15) is 16.8 Å². The van der Waals surface area contributed by atoms with E-state index in [1.54, 1.807) is 25.1 Å². The monoisotopic (exact) mass is 355 g/mol. The van der Waals surface area contributed by atoms with Crippen LogP contribution in [-0.4, -0.2) is 44.8 Å². The predicted octanol–water partition coefficient (Wildman–Crippen LogP) is 1.83. The molecular formula is C13H25NO6S2. The molecule has 0 aliphatic rings. The summed E-state index contributed by atoms with van der Waals surface area (Å²) in [6, 6.07) is 7.42. The van der Waals surface area contributed by atoms with Gasteiger partial charge in [-0.3, -0.25) is 9.11 Å². The van der Waals surface area contributed by atoms with Gasteiger partial charge in [0, 0.05) is 0 Å². The SMILES string of the molecule is CCCS(=O)(=O)O.CCNCC.O=S(=O)(O)c1ccccc1. The third-order valence-corrected chi connectivity index (χ3v) is 3.80. The van der Waals surface area contributed by atoms with Gasteiger partial charge in [0.15, 0.2) is 0 Å². The van der Waals surface area contributed by atoms with Gasteiger partial charge in [0.05, 0.1) is 10.6 Å². The van der Waals surface area contributed by atoms with Gasteiger partial charge < -0.3 is 5.32 Å². The van der Waals surface area contributed by atoms with E-state index in [-0.39, 0.29) is 10.6 Å². The lowest BCUT2D eigenvalue weighted by Crippen LogP contribution is -2.09. The second-order valence-electron chi connectivity index (χ2n) is 4.03. The zero-order valence-electron chi connectivity index (χ0n) is 13.1. The summed E-state index contributed by atoms with van der Waals surface area (Å²) >= 11 is 0. The van der Waals surface area contributed by atoms with Crippen molar-refractivity contribution in [1.82, 2.24) is 5.32 Å². The molecule has 0 aliphatic carbocycles. The minimum absolute atomic E-state index is 0.0741. The van der Waals surface area contributed by atoms with E-state index in [2.05, 4.69) is 19.2 Å². The van der Waals surface area contributed by atoms with Crippen LogP contribution in [-0.2, 0) is 20.2 Å². The van der Waals surface area contributed by atoms with E-state index >= 15 is 0 Å². The third-order valence-electron chi connectivity index (χ3n) is 2.00. The van der Waals surface area contributed by atoms with Crippen molar-refractivity contribution in [3.63, 3.8) is 0 Å². The lowest BCUT2D eigenvalue weighted by molar-refractivity contribution is 0.480. The van der Waals surface area contributed by atoms with Crippen molar-refractivity contribution in [3.8, 4) is 0 Å². The van der Waals surface area contributed by atoms with E-state index in [1.165, 1.54) is 12.1 Å². The highest BCUT2D eigenvalue weighted by atomic mass is 32.2. The molecule has 0 bridgehead atoms. The van der Waals surface area contributed by atoms with Crippen LogP contribution < -0.4 is 5.32 Å². The molecule has 9 heteroatoms. The molecule has 0 aliphatic heterocycles. The summed E-state index contributed by atoms with van der Waals surface area (Å²) in [7, 11) is -7.68. The first-order valence-electron chi connectivity index (χ1n) is 6.76. The molecule has 1 aromatic carbocycles. The van der Waals surface area contributed by atoms with Gasteiger partial charge in [0.1, 0.15) is 0 Å². The van der Waals surface area contributed by atoms with Gasteiger partial charge in [-0.1, -0.05) is 39.0 Å². The van der Waals surface area contributed by atoms with Crippen molar-refractivity contribution in [2.45, 2.75) is 32.1 Å².